The van der Waals surface area contributed by atoms with Crippen molar-refractivity contribution >= 4 is 27.5 Å². The molecule has 0 aliphatic carbocycles. The number of nitrogens with one attached hydrogen (secondary N) is 2. The number of hydrogen-bond acceptors (Lipinski definition) is 3. The molecule has 7 heteroatoms. The van der Waals surface area contributed by atoms with Gasteiger partial charge in [-0.15, -0.1) is 0 Å². The van der Waals surface area contributed by atoms with E-state index < -0.39 is 10.2 Å². The Balaban J connectivity index is 1.63. The van der Waals surface area contributed by atoms with Crippen LogP contribution in [0.5, 0.6) is 0 Å². The monoisotopic (exact) mass is 359 g/mol. The van der Waals surface area contributed by atoms with E-state index in [0.29, 0.717) is 12.1 Å². The van der Waals surface area contributed by atoms with Gasteiger partial charge < -0.3 is 4.90 Å². The molecule has 1 aliphatic rings. The molecule has 0 spiro atoms. The lowest BCUT2D eigenvalue weighted by Gasteiger charge is -2.22. The molecule has 6 nitrogen and oxygen atoms in total. The zero-order valence-electron chi connectivity index (χ0n) is 14.0. The van der Waals surface area contributed by atoms with E-state index >= 15 is 0 Å². The molecular weight excluding hydrogens is 338 g/mol. The maximum atomic E-state index is 12.1. The third-order valence-corrected chi connectivity index (χ3v) is 5.22. The summed E-state index contributed by atoms with van der Waals surface area (Å²) in [6.07, 6.45) is 1.40. The largest absolute Gasteiger partial charge is 0.310 e. The first-order valence-corrected chi connectivity index (χ1v) is 9.66. The van der Waals surface area contributed by atoms with Crippen molar-refractivity contribution in [3.05, 3.63) is 60.2 Å². The second kappa shape index (κ2) is 7.25. The van der Waals surface area contributed by atoms with Crippen LogP contribution in [0.15, 0.2) is 54.6 Å². The first kappa shape index (κ1) is 17.4. The number of carbonyl (C=O) groups excluding carboxylic acids is 1. The minimum atomic E-state index is -3.67. The zero-order valence-corrected chi connectivity index (χ0v) is 14.8. The first-order chi connectivity index (χ1) is 11.9. The number of carbonyl (C=O) groups is 1. The summed E-state index contributed by atoms with van der Waals surface area (Å²) in [5, 5.41) is 0. The molecule has 0 bridgehead atoms. The molecular formula is C18H21N3O3S. The van der Waals surface area contributed by atoms with E-state index in [9.17, 15) is 13.2 Å². The fourth-order valence-corrected chi connectivity index (χ4v) is 3.76. The third-order valence-electron chi connectivity index (χ3n) is 4.19. The fraction of sp³-hybridized carbons (Fsp3) is 0.278. The summed E-state index contributed by atoms with van der Waals surface area (Å²) in [6, 6.07) is 16.3. The number of amides is 1. The Bertz CT molecular complexity index is 836. The molecule has 2 aromatic carbocycles. The number of rotatable bonds is 6. The van der Waals surface area contributed by atoms with E-state index in [1.165, 1.54) is 0 Å². The molecule has 0 aromatic heterocycles. The highest BCUT2D eigenvalue weighted by Gasteiger charge is 2.28. The van der Waals surface area contributed by atoms with Crippen LogP contribution < -0.4 is 14.3 Å². The second-order valence-corrected chi connectivity index (χ2v) is 7.61. The molecule has 1 aliphatic heterocycles. The summed E-state index contributed by atoms with van der Waals surface area (Å²) >= 11 is 0. The van der Waals surface area contributed by atoms with Crippen molar-refractivity contribution in [3.63, 3.8) is 0 Å². The SMILES string of the molecule is CC1CCC(=O)N1c1ccc(NS(=O)(=O)NCc2ccccc2)cc1. The van der Waals surface area contributed by atoms with Gasteiger partial charge in [-0.3, -0.25) is 9.52 Å². The molecule has 1 amide bonds. The van der Waals surface area contributed by atoms with Gasteiger partial charge in [0.25, 0.3) is 10.2 Å². The predicted molar refractivity (Wildman–Crippen MR) is 98.4 cm³/mol. The number of anilines is 2. The van der Waals surface area contributed by atoms with Crippen LogP contribution in [0.1, 0.15) is 25.3 Å². The topological polar surface area (TPSA) is 78.5 Å². The van der Waals surface area contributed by atoms with Gasteiger partial charge in [-0.1, -0.05) is 30.3 Å². The number of nitrogens with zero attached hydrogens (tertiary/aromatic N) is 1. The van der Waals surface area contributed by atoms with Crippen molar-refractivity contribution < 1.29 is 13.2 Å². The maximum absolute atomic E-state index is 12.1. The average molecular weight is 359 g/mol. The van der Waals surface area contributed by atoms with Gasteiger partial charge in [0, 0.05) is 30.4 Å². The highest BCUT2D eigenvalue weighted by Crippen LogP contribution is 2.27. The van der Waals surface area contributed by atoms with Gasteiger partial charge in [0.15, 0.2) is 0 Å². The average Bonchev–Trinajstić information content (AvgIpc) is 2.93. The third kappa shape index (κ3) is 4.37. The van der Waals surface area contributed by atoms with Crippen molar-refractivity contribution in [2.45, 2.75) is 32.4 Å². The Morgan fingerprint density at radius 3 is 2.36 bits per heavy atom. The van der Waals surface area contributed by atoms with Crippen LogP contribution >= 0.6 is 0 Å². The molecule has 1 heterocycles. The molecule has 1 fully saturated rings. The van der Waals surface area contributed by atoms with E-state index in [1.54, 1.807) is 29.2 Å². The van der Waals surface area contributed by atoms with Crippen LogP contribution in [-0.2, 0) is 21.5 Å². The van der Waals surface area contributed by atoms with Crippen molar-refractivity contribution in [2.75, 3.05) is 9.62 Å². The zero-order chi connectivity index (χ0) is 17.9. The van der Waals surface area contributed by atoms with E-state index in [-0.39, 0.29) is 18.5 Å². The van der Waals surface area contributed by atoms with E-state index in [4.69, 9.17) is 0 Å². The Hall–Kier alpha value is -2.38. The van der Waals surface area contributed by atoms with Crippen molar-refractivity contribution in [3.8, 4) is 0 Å². The van der Waals surface area contributed by atoms with Crippen LogP contribution in [0.25, 0.3) is 0 Å². The van der Waals surface area contributed by atoms with Crippen LogP contribution in [0.4, 0.5) is 11.4 Å². The molecule has 3 rings (SSSR count). The minimum Gasteiger partial charge on any atom is -0.310 e. The summed E-state index contributed by atoms with van der Waals surface area (Å²) in [4.78, 5) is 13.7. The Labute approximate surface area is 148 Å². The number of hydrogen-bond donors (Lipinski definition) is 2. The van der Waals surface area contributed by atoms with Crippen LogP contribution in [0, 0.1) is 0 Å². The van der Waals surface area contributed by atoms with Gasteiger partial charge in [0.1, 0.15) is 0 Å². The molecule has 0 radical (unpaired) electrons. The molecule has 1 saturated heterocycles. The van der Waals surface area contributed by atoms with Crippen LogP contribution in [0.2, 0.25) is 0 Å². The molecule has 2 aromatic rings. The van der Waals surface area contributed by atoms with Gasteiger partial charge in [-0.05, 0) is 43.2 Å². The first-order valence-electron chi connectivity index (χ1n) is 8.18. The molecule has 1 atom stereocenters. The summed E-state index contributed by atoms with van der Waals surface area (Å²) in [5.74, 6) is 0.102. The number of benzene rings is 2. The molecule has 2 N–H and O–H groups in total. The van der Waals surface area contributed by atoms with Gasteiger partial charge in [-0.2, -0.15) is 13.1 Å². The van der Waals surface area contributed by atoms with E-state index in [1.807, 2.05) is 37.3 Å². The van der Waals surface area contributed by atoms with Crippen LogP contribution in [-0.4, -0.2) is 20.4 Å². The van der Waals surface area contributed by atoms with E-state index in [2.05, 4.69) is 9.44 Å². The summed E-state index contributed by atoms with van der Waals surface area (Å²) in [6.45, 7) is 2.23. The fourth-order valence-electron chi connectivity index (χ4n) is 2.88. The Kier molecular flexibility index (Phi) is 5.06. The van der Waals surface area contributed by atoms with Crippen molar-refractivity contribution in [1.29, 1.82) is 0 Å². The summed E-state index contributed by atoms with van der Waals surface area (Å²) < 4.78 is 29.3. The smallest absolute Gasteiger partial charge is 0.299 e. The molecule has 25 heavy (non-hydrogen) atoms. The lowest BCUT2D eigenvalue weighted by Crippen LogP contribution is -2.31. The van der Waals surface area contributed by atoms with Gasteiger partial charge in [0.2, 0.25) is 5.91 Å². The van der Waals surface area contributed by atoms with Gasteiger partial charge in [-0.25, -0.2) is 0 Å². The Morgan fingerprint density at radius 2 is 1.76 bits per heavy atom. The molecule has 1 unspecified atom stereocenters. The minimum absolute atomic E-state index is 0.102. The van der Waals surface area contributed by atoms with Crippen LogP contribution in [0.3, 0.4) is 0 Å². The molecule has 0 saturated carbocycles. The summed E-state index contributed by atoms with van der Waals surface area (Å²) in [5.41, 5.74) is 2.11. The van der Waals surface area contributed by atoms with E-state index in [0.717, 1.165) is 17.7 Å². The normalized spacial score (nSPS) is 17.7. The van der Waals surface area contributed by atoms with Crippen molar-refractivity contribution in [1.82, 2.24) is 4.72 Å². The maximum Gasteiger partial charge on any atom is 0.299 e. The van der Waals surface area contributed by atoms with Gasteiger partial charge in [0.05, 0.1) is 0 Å². The predicted octanol–water partition coefficient (Wildman–Crippen LogP) is 2.65. The Morgan fingerprint density at radius 1 is 1.08 bits per heavy atom. The lowest BCUT2D eigenvalue weighted by molar-refractivity contribution is -0.117. The second-order valence-electron chi connectivity index (χ2n) is 6.11. The summed E-state index contributed by atoms with van der Waals surface area (Å²) in [7, 11) is -3.67. The standard InChI is InChI=1S/C18H21N3O3S/c1-14-7-12-18(22)21(14)17-10-8-16(9-11-17)20-25(23,24)19-13-15-5-3-2-4-6-15/h2-6,8-11,14,19-20H,7,12-13H2,1H3. The lowest BCUT2D eigenvalue weighted by atomic mass is 10.2. The molecule has 132 valence electrons. The highest BCUT2D eigenvalue weighted by atomic mass is 32.2. The van der Waals surface area contributed by atoms with Gasteiger partial charge >= 0.3 is 0 Å². The highest BCUT2D eigenvalue weighted by molar-refractivity contribution is 7.90. The quantitative estimate of drug-likeness (QED) is 0.832. The van der Waals surface area contributed by atoms with Crippen molar-refractivity contribution in [2.24, 2.45) is 0 Å².